The Labute approximate surface area is 128 Å². The van der Waals surface area contributed by atoms with Gasteiger partial charge in [0.05, 0.1) is 0 Å². The van der Waals surface area contributed by atoms with Crippen LogP contribution in [0, 0.1) is 0 Å². The number of urea groups is 1. The first kappa shape index (κ1) is 14.4. The number of rotatable bonds is 2. The molecule has 2 heterocycles. The van der Waals surface area contributed by atoms with Crippen LogP contribution >= 0.6 is 0 Å². The second-order valence-electron chi connectivity index (χ2n) is 5.66. The molecule has 0 unspecified atom stereocenters. The van der Waals surface area contributed by atoms with Crippen molar-refractivity contribution < 1.29 is 14.4 Å². The lowest BCUT2D eigenvalue weighted by atomic mass is 10.0. The van der Waals surface area contributed by atoms with Gasteiger partial charge in [-0.2, -0.15) is 0 Å². The molecule has 0 aromatic heterocycles. The lowest BCUT2D eigenvalue weighted by molar-refractivity contribution is -0.128. The number of benzene rings is 1. The van der Waals surface area contributed by atoms with Crippen molar-refractivity contribution in [3.8, 4) is 0 Å². The fourth-order valence-electron chi connectivity index (χ4n) is 2.69. The SMILES string of the molecule is CN1Cc2cc(NC(=O)[C@H]3CCCC(=O)N3)ccc2NC1=O. The Morgan fingerprint density at radius 1 is 1.36 bits per heavy atom. The van der Waals surface area contributed by atoms with Gasteiger partial charge in [0.2, 0.25) is 11.8 Å². The van der Waals surface area contributed by atoms with Crippen molar-refractivity contribution in [1.82, 2.24) is 10.2 Å². The number of hydrogen-bond acceptors (Lipinski definition) is 3. The first-order chi connectivity index (χ1) is 10.5. The Bertz CT molecular complexity index is 644. The molecule has 0 saturated carbocycles. The van der Waals surface area contributed by atoms with Crippen molar-refractivity contribution in [2.75, 3.05) is 17.7 Å². The highest BCUT2D eigenvalue weighted by Gasteiger charge is 2.25. The zero-order valence-corrected chi connectivity index (χ0v) is 12.3. The Kier molecular flexibility index (Phi) is 3.70. The van der Waals surface area contributed by atoms with Gasteiger partial charge in [0, 0.05) is 31.4 Å². The fraction of sp³-hybridized carbons (Fsp3) is 0.400. The third-order valence-corrected chi connectivity index (χ3v) is 3.92. The minimum Gasteiger partial charge on any atom is -0.344 e. The van der Waals surface area contributed by atoms with Crippen LogP contribution in [0.5, 0.6) is 0 Å². The summed E-state index contributed by atoms with van der Waals surface area (Å²) in [5, 5.41) is 8.30. The number of piperidine rings is 1. The molecule has 1 aromatic carbocycles. The van der Waals surface area contributed by atoms with E-state index >= 15 is 0 Å². The molecular formula is C15H18N4O3. The Hall–Kier alpha value is -2.57. The molecule has 2 aliphatic rings. The lowest BCUT2D eigenvalue weighted by Crippen LogP contribution is -2.46. The van der Waals surface area contributed by atoms with Gasteiger partial charge in [0.25, 0.3) is 0 Å². The van der Waals surface area contributed by atoms with Gasteiger partial charge in [-0.05, 0) is 36.6 Å². The van der Waals surface area contributed by atoms with Crippen molar-refractivity contribution in [2.24, 2.45) is 0 Å². The summed E-state index contributed by atoms with van der Waals surface area (Å²) in [6.07, 6.45) is 1.86. The molecule has 2 aliphatic heterocycles. The Balaban J connectivity index is 1.71. The molecule has 7 heteroatoms. The average molecular weight is 302 g/mol. The molecule has 22 heavy (non-hydrogen) atoms. The highest BCUT2D eigenvalue weighted by atomic mass is 16.2. The van der Waals surface area contributed by atoms with Crippen molar-refractivity contribution in [1.29, 1.82) is 0 Å². The summed E-state index contributed by atoms with van der Waals surface area (Å²) >= 11 is 0. The summed E-state index contributed by atoms with van der Waals surface area (Å²) in [4.78, 5) is 36.7. The van der Waals surface area contributed by atoms with Crippen molar-refractivity contribution >= 4 is 29.2 Å². The monoisotopic (exact) mass is 302 g/mol. The summed E-state index contributed by atoms with van der Waals surface area (Å²) in [6, 6.07) is 4.74. The number of carbonyl (C=O) groups is 3. The van der Waals surface area contributed by atoms with Crippen LogP contribution in [0.3, 0.4) is 0 Å². The van der Waals surface area contributed by atoms with E-state index in [1.165, 1.54) is 0 Å². The van der Waals surface area contributed by atoms with Crippen LogP contribution in [0.15, 0.2) is 18.2 Å². The molecule has 0 bridgehead atoms. The van der Waals surface area contributed by atoms with E-state index in [-0.39, 0.29) is 17.8 Å². The maximum atomic E-state index is 12.2. The standard InChI is InChI=1S/C15H18N4O3/c1-19-8-9-7-10(5-6-11(9)18-15(19)22)16-14(21)12-3-2-4-13(20)17-12/h5-7,12H,2-4,8H2,1H3,(H,16,21)(H,17,20)(H,18,22)/t12-/m1/s1. The number of anilines is 2. The molecule has 1 atom stereocenters. The number of carbonyl (C=O) groups excluding carboxylic acids is 3. The van der Waals surface area contributed by atoms with Crippen molar-refractivity contribution in [3.05, 3.63) is 23.8 Å². The van der Waals surface area contributed by atoms with E-state index in [9.17, 15) is 14.4 Å². The van der Waals surface area contributed by atoms with Crippen molar-refractivity contribution in [3.63, 3.8) is 0 Å². The van der Waals surface area contributed by atoms with E-state index in [2.05, 4.69) is 16.0 Å². The molecule has 1 saturated heterocycles. The van der Waals surface area contributed by atoms with Gasteiger partial charge in [-0.15, -0.1) is 0 Å². The molecule has 1 fully saturated rings. The highest BCUT2D eigenvalue weighted by Crippen LogP contribution is 2.26. The zero-order valence-electron chi connectivity index (χ0n) is 12.3. The van der Waals surface area contributed by atoms with E-state index in [0.29, 0.717) is 25.1 Å². The molecular weight excluding hydrogens is 284 g/mol. The zero-order chi connectivity index (χ0) is 15.7. The molecule has 116 valence electrons. The second kappa shape index (κ2) is 5.67. The van der Waals surface area contributed by atoms with Crippen LogP contribution in [0.2, 0.25) is 0 Å². The van der Waals surface area contributed by atoms with Gasteiger partial charge in [-0.25, -0.2) is 4.79 Å². The van der Waals surface area contributed by atoms with Crippen LogP contribution in [-0.2, 0) is 16.1 Å². The summed E-state index contributed by atoms with van der Waals surface area (Å²) in [6.45, 7) is 0.491. The predicted octanol–water partition coefficient (Wildman–Crippen LogP) is 1.27. The maximum absolute atomic E-state index is 12.2. The fourth-order valence-corrected chi connectivity index (χ4v) is 2.69. The molecule has 0 aliphatic carbocycles. The van der Waals surface area contributed by atoms with Crippen LogP contribution in [0.1, 0.15) is 24.8 Å². The number of amides is 4. The van der Waals surface area contributed by atoms with Crippen LogP contribution in [0.25, 0.3) is 0 Å². The molecule has 0 radical (unpaired) electrons. The topological polar surface area (TPSA) is 90.5 Å². The van der Waals surface area contributed by atoms with E-state index in [0.717, 1.165) is 17.7 Å². The van der Waals surface area contributed by atoms with Gasteiger partial charge in [-0.3, -0.25) is 9.59 Å². The Morgan fingerprint density at radius 3 is 2.95 bits per heavy atom. The first-order valence-electron chi connectivity index (χ1n) is 7.28. The number of nitrogens with one attached hydrogen (secondary N) is 3. The summed E-state index contributed by atoms with van der Waals surface area (Å²) < 4.78 is 0. The molecule has 3 rings (SSSR count). The molecule has 1 aromatic rings. The summed E-state index contributed by atoms with van der Waals surface area (Å²) in [7, 11) is 1.71. The summed E-state index contributed by atoms with van der Waals surface area (Å²) in [5.74, 6) is -0.289. The van der Waals surface area contributed by atoms with E-state index in [1.54, 1.807) is 24.1 Å². The second-order valence-corrected chi connectivity index (χ2v) is 5.66. The van der Waals surface area contributed by atoms with Crippen LogP contribution in [-0.4, -0.2) is 35.8 Å². The lowest BCUT2D eigenvalue weighted by Gasteiger charge is -2.27. The summed E-state index contributed by atoms with van der Waals surface area (Å²) in [5.41, 5.74) is 2.35. The van der Waals surface area contributed by atoms with Gasteiger partial charge in [-0.1, -0.05) is 0 Å². The van der Waals surface area contributed by atoms with E-state index < -0.39 is 6.04 Å². The van der Waals surface area contributed by atoms with Crippen LogP contribution < -0.4 is 16.0 Å². The normalized spacial score (nSPS) is 20.8. The number of nitrogens with zero attached hydrogens (tertiary/aromatic N) is 1. The van der Waals surface area contributed by atoms with Crippen molar-refractivity contribution in [2.45, 2.75) is 31.8 Å². The first-order valence-corrected chi connectivity index (χ1v) is 7.28. The molecule has 0 spiro atoms. The predicted molar refractivity (Wildman–Crippen MR) is 81.3 cm³/mol. The van der Waals surface area contributed by atoms with Gasteiger partial charge in [0.15, 0.2) is 0 Å². The van der Waals surface area contributed by atoms with Crippen LogP contribution in [0.4, 0.5) is 16.2 Å². The van der Waals surface area contributed by atoms with E-state index in [4.69, 9.17) is 0 Å². The molecule has 4 amide bonds. The van der Waals surface area contributed by atoms with E-state index in [1.807, 2.05) is 6.07 Å². The molecule has 3 N–H and O–H groups in total. The molecule has 7 nitrogen and oxygen atoms in total. The smallest absolute Gasteiger partial charge is 0.321 e. The van der Waals surface area contributed by atoms with Gasteiger partial charge >= 0.3 is 6.03 Å². The maximum Gasteiger partial charge on any atom is 0.321 e. The minimum atomic E-state index is -0.473. The quantitative estimate of drug-likeness (QED) is 0.768. The highest BCUT2D eigenvalue weighted by molar-refractivity contribution is 5.98. The minimum absolute atomic E-state index is 0.0822. The average Bonchev–Trinajstić information content (AvgIpc) is 2.49. The third kappa shape index (κ3) is 2.88. The van der Waals surface area contributed by atoms with Gasteiger partial charge in [0.1, 0.15) is 6.04 Å². The van der Waals surface area contributed by atoms with Gasteiger partial charge < -0.3 is 20.9 Å². The number of fused-ring (bicyclic) bond motifs is 1. The largest absolute Gasteiger partial charge is 0.344 e. The third-order valence-electron chi connectivity index (χ3n) is 3.92. The Morgan fingerprint density at radius 2 is 2.18 bits per heavy atom. The number of hydrogen-bond donors (Lipinski definition) is 3.